The number of hydrogen-bond acceptors (Lipinski definition) is 2. The zero-order valence-electron chi connectivity index (χ0n) is 11.1. The van der Waals surface area contributed by atoms with Gasteiger partial charge in [0.1, 0.15) is 0 Å². The lowest BCUT2D eigenvalue weighted by Crippen LogP contribution is -2.05. The summed E-state index contributed by atoms with van der Waals surface area (Å²) in [5.41, 5.74) is 1.97. The Balaban J connectivity index is 2.44. The lowest BCUT2D eigenvalue weighted by molar-refractivity contribution is -0.137. The zero-order valence-corrected chi connectivity index (χ0v) is 11.1. The Kier molecular flexibility index (Phi) is 3.88. The van der Waals surface area contributed by atoms with Crippen LogP contribution >= 0.6 is 0 Å². The van der Waals surface area contributed by atoms with Crippen molar-refractivity contribution in [2.75, 3.05) is 0 Å². The largest absolute Gasteiger partial charge is 0.417 e. The number of rotatable bonds is 2. The van der Waals surface area contributed by atoms with E-state index < -0.39 is 11.7 Å². The van der Waals surface area contributed by atoms with Gasteiger partial charge in [0, 0.05) is 29.7 Å². The van der Waals surface area contributed by atoms with Crippen LogP contribution in [0, 0.1) is 6.92 Å². The van der Waals surface area contributed by atoms with Crippen molar-refractivity contribution in [2.45, 2.75) is 20.0 Å². The molecule has 0 saturated heterocycles. The Hall–Kier alpha value is -2.17. The third kappa shape index (κ3) is 3.04. The summed E-state index contributed by atoms with van der Waals surface area (Å²) in [6.45, 7) is 3.75. The number of aryl methyl sites for hydroxylation is 1. The quantitative estimate of drug-likeness (QED) is 0.808. The lowest BCUT2D eigenvalue weighted by Gasteiger charge is -2.09. The molecule has 0 aliphatic carbocycles. The van der Waals surface area contributed by atoms with E-state index in [1.807, 2.05) is 26.0 Å². The normalized spacial score (nSPS) is 12.1. The highest BCUT2D eigenvalue weighted by Gasteiger charge is 2.31. The van der Waals surface area contributed by atoms with Crippen LogP contribution in [0.25, 0.3) is 17.2 Å². The lowest BCUT2D eigenvalue weighted by atomic mass is 10.0. The Labute approximate surface area is 115 Å². The van der Waals surface area contributed by atoms with E-state index in [0.717, 1.165) is 23.5 Å². The molecule has 104 valence electrons. The number of pyridine rings is 2. The maximum atomic E-state index is 12.7. The van der Waals surface area contributed by atoms with Gasteiger partial charge in [0.05, 0.1) is 11.3 Å². The topological polar surface area (TPSA) is 25.8 Å². The first-order valence-corrected chi connectivity index (χ1v) is 6.04. The van der Waals surface area contributed by atoms with Crippen LogP contribution in [-0.4, -0.2) is 9.97 Å². The van der Waals surface area contributed by atoms with Crippen molar-refractivity contribution >= 4 is 6.08 Å². The number of halogens is 3. The molecule has 2 aromatic rings. The van der Waals surface area contributed by atoms with E-state index in [0.29, 0.717) is 11.1 Å². The molecular weight excluding hydrogens is 265 g/mol. The predicted molar refractivity (Wildman–Crippen MR) is 71.9 cm³/mol. The Bertz CT molecular complexity index is 646. The highest BCUT2D eigenvalue weighted by molar-refractivity contribution is 5.65. The van der Waals surface area contributed by atoms with Crippen molar-refractivity contribution in [3.8, 4) is 11.1 Å². The van der Waals surface area contributed by atoms with Crippen LogP contribution in [0.15, 0.2) is 36.8 Å². The minimum atomic E-state index is -4.39. The minimum absolute atomic E-state index is 0.405. The molecule has 0 bridgehead atoms. The Morgan fingerprint density at radius 1 is 1.05 bits per heavy atom. The zero-order chi connectivity index (χ0) is 14.8. The van der Waals surface area contributed by atoms with E-state index in [4.69, 9.17) is 0 Å². The van der Waals surface area contributed by atoms with Gasteiger partial charge >= 0.3 is 6.18 Å². The first kappa shape index (κ1) is 14.2. The van der Waals surface area contributed by atoms with Gasteiger partial charge in [-0.2, -0.15) is 13.2 Å². The molecule has 0 spiro atoms. The first-order valence-electron chi connectivity index (χ1n) is 6.04. The second-order valence-corrected chi connectivity index (χ2v) is 4.39. The fourth-order valence-corrected chi connectivity index (χ4v) is 1.83. The average molecular weight is 278 g/mol. The second-order valence-electron chi connectivity index (χ2n) is 4.39. The van der Waals surface area contributed by atoms with Gasteiger partial charge < -0.3 is 0 Å². The number of nitrogens with zero attached hydrogens (tertiary/aromatic N) is 2. The highest BCUT2D eigenvalue weighted by Crippen LogP contribution is 2.31. The molecule has 5 heteroatoms. The average Bonchev–Trinajstić information content (AvgIpc) is 2.40. The summed E-state index contributed by atoms with van der Waals surface area (Å²) in [5, 5.41) is 0. The molecule has 0 N–H and O–H groups in total. The van der Waals surface area contributed by atoms with Crippen LogP contribution in [0.1, 0.15) is 23.7 Å². The van der Waals surface area contributed by atoms with Gasteiger partial charge in [-0.25, -0.2) is 0 Å². The molecule has 0 aliphatic heterocycles. The van der Waals surface area contributed by atoms with Crippen molar-refractivity contribution < 1.29 is 13.2 Å². The first-order chi connectivity index (χ1) is 9.41. The molecule has 2 rings (SSSR count). The summed E-state index contributed by atoms with van der Waals surface area (Å²) >= 11 is 0. The third-order valence-electron chi connectivity index (χ3n) is 2.84. The highest BCUT2D eigenvalue weighted by atomic mass is 19.4. The van der Waals surface area contributed by atoms with Crippen LogP contribution in [-0.2, 0) is 6.18 Å². The molecular formula is C15H13F3N2. The second kappa shape index (κ2) is 5.45. The van der Waals surface area contributed by atoms with Crippen molar-refractivity contribution in [1.29, 1.82) is 0 Å². The molecule has 2 aromatic heterocycles. The number of alkyl halides is 3. The summed E-state index contributed by atoms with van der Waals surface area (Å²) in [7, 11) is 0. The number of hydrogen-bond donors (Lipinski definition) is 0. The molecule has 0 radical (unpaired) electrons. The Morgan fingerprint density at radius 2 is 1.75 bits per heavy atom. The summed E-state index contributed by atoms with van der Waals surface area (Å²) in [6.07, 6.45) is 3.10. The van der Waals surface area contributed by atoms with Crippen LogP contribution in [0.2, 0.25) is 0 Å². The third-order valence-corrected chi connectivity index (χ3v) is 2.84. The van der Waals surface area contributed by atoms with Crippen molar-refractivity contribution in [3.05, 3.63) is 53.6 Å². The van der Waals surface area contributed by atoms with Crippen molar-refractivity contribution in [1.82, 2.24) is 9.97 Å². The predicted octanol–water partition coefficient (Wildman–Crippen LogP) is 4.50. The molecule has 0 unspecified atom stereocenters. The van der Waals surface area contributed by atoms with Gasteiger partial charge in [-0.1, -0.05) is 6.08 Å². The number of aromatic nitrogens is 2. The van der Waals surface area contributed by atoms with Gasteiger partial charge in [-0.3, -0.25) is 9.97 Å². The van der Waals surface area contributed by atoms with Crippen LogP contribution in [0.3, 0.4) is 0 Å². The van der Waals surface area contributed by atoms with E-state index in [2.05, 4.69) is 9.97 Å². The standard InChI is InChI=1S/C15H13F3N2/c1-3-4-14-10(2)5-11(8-20-14)12-6-13(9-19-7-12)15(16,17)18/h3-9H,1-2H3/b4-3-. The monoisotopic (exact) mass is 278 g/mol. The summed E-state index contributed by atoms with van der Waals surface area (Å²) < 4.78 is 38.0. The SMILES string of the molecule is C/C=C\c1ncc(-c2cncc(C(F)(F)F)c2)cc1C. The smallest absolute Gasteiger partial charge is 0.263 e. The van der Waals surface area contributed by atoms with E-state index in [-0.39, 0.29) is 0 Å². The molecule has 20 heavy (non-hydrogen) atoms. The van der Waals surface area contributed by atoms with Crippen LogP contribution < -0.4 is 0 Å². The van der Waals surface area contributed by atoms with Crippen LogP contribution in [0.5, 0.6) is 0 Å². The van der Waals surface area contributed by atoms with Crippen molar-refractivity contribution in [3.63, 3.8) is 0 Å². The van der Waals surface area contributed by atoms with Crippen molar-refractivity contribution in [2.24, 2.45) is 0 Å². The van der Waals surface area contributed by atoms with Gasteiger partial charge in [0.25, 0.3) is 0 Å². The van der Waals surface area contributed by atoms with Crippen LogP contribution in [0.4, 0.5) is 13.2 Å². The van der Waals surface area contributed by atoms with E-state index in [1.165, 1.54) is 6.20 Å². The Morgan fingerprint density at radius 3 is 2.35 bits per heavy atom. The van der Waals surface area contributed by atoms with E-state index in [9.17, 15) is 13.2 Å². The minimum Gasteiger partial charge on any atom is -0.263 e. The number of allylic oxidation sites excluding steroid dienone is 1. The van der Waals surface area contributed by atoms with Gasteiger partial charge in [0.2, 0.25) is 0 Å². The molecule has 0 fully saturated rings. The summed E-state index contributed by atoms with van der Waals surface area (Å²) in [4.78, 5) is 7.89. The fourth-order valence-electron chi connectivity index (χ4n) is 1.83. The van der Waals surface area contributed by atoms with E-state index in [1.54, 1.807) is 12.3 Å². The molecule has 0 atom stereocenters. The van der Waals surface area contributed by atoms with Gasteiger partial charge in [0.15, 0.2) is 0 Å². The molecule has 0 aliphatic rings. The maximum absolute atomic E-state index is 12.7. The molecule has 0 aromatic carbocycles. The van der Waals surface area contributed by atoms with Gasteiger partial charge in [-0.15, -0.1) is 0 Å². The molecule has 2 nitrogen and oxygen atoms in total. The summed E-state index contributed by atoms with van der Waals surface area (Å²) in [6, 6.07) is 2.89. The molecule has 0 amide bonds. The summed E-state index contributed by atoms with van der Waals surface area (Å²) in [5.74, 6) is 0. The fraction of sp³-hybridized carbons (Fsp3) is 0.200. The van der Waals surface area contributed by atoms with E-state index >= 15 is 0 Å². The van der Waals surface area contributed by atoms with Gasteiger partial charge in [-0.05, 0) is 37.6 Å². The molecule has 2 heterocycles. The molecule has 0 saturated carbocycles. The maximum Gasteiger partial charge on any atom is 0.417 e.